The van der Waals surface area contributed by atoms with Crippen LogP contribution in [0.1, 0.15) is 31.2 Å². The van der Waals surface area contributed by atoms with Gasteiger partial charge in [0.1, 0.15) is 12.1 Å². The highest BCUT2D eigenvalue weighted by Gasteiger charge is 2.14. The molecule has 0 saturated carbocycles. The van der Waals surface area contributed by atoms with E-state index in [1.165, 1.54) is 24.8 Å². The van der Waals surface area contributed by atoms with Crippen LogP contribution in [0.3, 0.4) is 0 Å². The van der Waals surface area contributed by atoms with Crippen LogP contribution >= 0.6 is 0 Å². The summed E-state index contributed by atoms with van der Waals surface area (Å²) >= 11 is 0. The van der Waals surface area contributed by atoms with E-state index in [9.17, 15) is 4.79 Å². The molecule has 16 heavy (non-hydrogen) atoms. The zero-order valence-electron chi connectivity index (χ0n) is 9.56. The predicted molar refractivity (Wildman–Crippen MR) is 64.7 cm³/mol. The van der Waals surface area contributed by atoms with E-state index >= 15 is 0 Å². The SMILES string of the molecule is O=CCCc1cccnc1N1CCCCC1. The number of hydrogen-bond donors (Lipinski definition) is 0. The van der Waals surface area contributed by atoms with Crippen molar-refractivity contribution >= 4 is 12.1 Å². The molecule has 0 aromatic carbocycles. The summed E-state index contributed by atoms with van der Waals surface area (Å²) in [6, 6.07) is 4.04. The fourth-order valence-corrected chi connectivity index (χ4v) is 2.23. The summed E-state index contributed by atoms with van der Waals surface area (Å²) in [6.45, 7) is 2.20. The Morgan fingerprint density at radius 2 is 2.12 bits per heavy atom. The molecule has 0 aliphatic carbocycles. The number of nitrogens with zero attached hydrogens (tertiary/aromatic N) is 2. The molecule has 0 bridgehead atoms. The normalized spacial score (nSPS) is 16.1. The molecule has 3 heteroatoms. The lowest BCUT2D eigenvalue weighted by Gasteiger charge is -2.29. The van der Waals surface area contributed by atoms with Gasteiger partial charge in [0.15, 0.2) is 0 Å². The maximum absolute atomic E-state index is 10.4. The van der Waals surface area contributed by atoms with Crippen LogP contribution in [0.5, 0.6) is 0 Å². The largest absolute Gasteiger partial charge is 0.356 e. The number of hydrogen-bond acceptors (Lipinski definition) is 3. The van der Waals surface area contributed by atoms with Crippen molar-refractivity contribution in [3.63, 3.8) is 0 Å². The number of piperidine rings is 1. The third-order valence-corrected chi connectivity index (χ3v) is 3.05. The molecule has 1 aliphatic heterocycles. The Hall–Kier alpha value is -1.38. The monoisotopic (exact) mass is 218 g/mol. The zero-order chi connectivity index (χ0) is 11.2. The van der Waals surface area contributed by atoms with Gasteiger partial charge in [0, 0.05) is 25.7 Å². The first-order valence-electron chi connectivity index (χ1n) is 6.04. The highest BCUT2D eigenvalue weighted by molar-refractivity contribution is 5.53. The van der Waals surface area contributed by atoms with E-state index in [-0.39, 0.29) is 0 Å². The minimum atomic E-state index is 0.590. The average Bonchev–Trinajstić information content (AvgIpc) is 2.38. The molecule has 1 fully saturated rings. The van der Waals surface area contributed by atoms with Crippen molar-refractivity contribution in [2.75, 3.05) is 18.0 Å². The second-order valence-electron chi connectivity index (χ2n) is 4.24. The first kappa shape index (κ1) is 11.1. The lowest BCUT2D eigenvalue weighted by molar-refractivity contribution is -0.107. The standard InChI is InChI=1S/C13H18N2O/c16-11-5-7-12-6-4-8-14-13(12)15-9-2-1-3-10-15/h4,6,8,11H,1-3,5,7,9-10H2. The van der Waals surface area contributed by atoms with E-state index in [0.717, 1.165) is 31.6 Å². The maximum atomic E-state index is 10.4. The lowest BCUT2D eigenvalue weighted by Crippen LogP contribution is -2.31. The third kappa shape index (κ3) is 2.60. The Bertz CT molecular complexity index is 346. The van der Waals surface area contributed by atoms with Gasteiger partial charge in [-0.25, -0.2) is 4.98 Å². The zero-order valence-corrected chi connectivity index (χ0v) is 9.56. The minimum absolute atomic E-state index is 0.590. The summed E-state index contributed by atoms with van der Waals surface area (Å²) in [7, 11) is 0. The molecule has 0 unspecified atom stereocenters. The van der Waals surface area contributed by atoms with Crippen LogP contribution in [0.2, 0.25) is 0 Å². The molecule has 0 atom stereocenters. The molecule has 2 heterocycles. The molecule has 86 valence electrons. The topological polar surface area (TPSA) is 33.2 Å². The van der Waals surface area contributed by atoms with Gasteiger partial charge >= 0.3 is 0 Å². The van der Waals surface area contributed by atoms with Gasteiger partial charge in [0.05, 0.1) is 0 Å². The molecule has 0 amide bonds. The van der Waals surface area contributed by atoms with Crippen molar-refractivity contribution in [3.8, 4) is 0 Å². The predicted octanol–water partition coefficient (Wildman–Crippen LogP) is 2.20. The van der Waals surface area contributed by atoms with Gasteiger partial charge in [-0.1, -0.05) is 6.07 Å². The van der Waals surface area contributed by atoms with E-state index in [1.807, 2.05) is 12.3 Å². The molecule has 1 saturated heterocycles. The molecule has 1 aromatic rings. The quantitative estimate of drug-likeness (QED) is 0.726. The summed E-state index contributed by atoms with van der Waals surface area (Å²) in [5.41, 5.74) is 1.21. The molecule has 0 N–H and O–H groups in total. The molecule has 3 nitrogen and oxygen atoms in total. The van der Waals surface area contributed by atoms with Gasteiger partial charge in [-0.3, -0.25) is 0 Å². The van der Waals surface area contributed by atoms with Crippen LogP contribution in [0.4, 0.5) is 5.82 Å². The van der Waals surface area contributed by atoms with Crippen LogP contribution in [-0.2, 0) is 11.2 Å². The Balaban J connectivity index is 2.14. The molecule has 0 spiro atoms. The van der Waals surface area contributed by atoms with Crippen LogP contribution in [0.15, 0.2) is 18.3 Å². The minimum Gasteiger partial charge on any atom is -0.356 e. The molecule has 0 radical (unpaired) electrons. The first-order valence-corrected chi connectivity index (χ1v) is 6.04. The van der Waals surface area contributed by atoms with Gasteiger partial charge in [-0.15, -0.1) is 0 Å². The van der Waals surface area contributed by atoms with E-state index < -0.39 is 0 Å². The van der Waals surface area contributed by atoms with E-state index in [1.54, 1.807) is 0 Å². The summed E-state index contributed by atoms with van der Waals surface area (Å²) in [6.07, 6.45) is 8.05. The van der Waals surface area contributed by atoms with E-state index in [0.29, 0.717) is 6.42 Å². The van der Waals surface area contributed by atoms with Gasteiger partial charge < -0.3 is 9.69 Å². The number of carbonyl (C=O) groups excluding carboxylic acids is 1. The van der Waals surface area contributed by atoms with Gasteiger partial charge in [-0.2, -0.15) is 0 Å². The molecule has 1 aliphatic rings. The van der Waals surface area contributed by atoms with Crippen LogP contribution in [0, 0.1) is 0 Å². The fourth-order valence-electron chi connectivity index (χ4n) is 2.23. The number of anilines is 1. The van der Waals surface area contributed by atoms with Crippen molar-refractivity contribution in [1.82, 2.24) is 4.98 Å². The number of rotatable bonds is 4. The summed E-state index contributed by atoms with van der Waals surface area (Å²) in [5.74, 6) is 1.09. The Morgan fingerprint density at radius 3 is 2.88 bits per heavy atom. The van der Waals surface area contributed by atoms with Gasteiger partial charge in [0.2, 0.25) is 0 Å². The third-order valence-electron chi connectivity index (χ3n) is 3.05. The van der Waals surface area contributed by atoms with Crippen molar-refractivity contribution in [1.29, 1.82) is 0 Å². The summed E-state index contributed by atoms with van der Waals surface area (Å²) in [5, 5.41) is 0. The van der Waals surface area contributed by atoms with Gasteiger partial charge in [0.25, 0.3) is 0 Å². The van der Waals surface area contributed by atoms with Crippen LogP contribution < -0.4 is 4.90 Å². The van der Waals surface area contributed by atoms with E-state index in [2.05, 4.69) is 16.0 Å². The fraction of sp³-hybridized carbons (Fsp3) is 0.538. The smallest absolute Gasteiger partial charge is 0.131 e. The maximum Gasteiger partial charge on any atom is 0.131 e. The summed E-state index contributed by atoms with van der Waals surface area (Å²) < 4.78 is 0. The molecule has 1 aromatic heterocycles. The Kier molecular flexibility index (Phi) is 3.91. The number of aryl methyl sites for hydroxylation is 1. The molecular formula is C13H18N2O. The number of pyridine rings is 1. The Morgan fingerprint density at radius 1 is 1.31 bits per heavy atom. The Labute approximate surface area is 96.5 Å². The summed E-state index contributed by atoms with van der Waals surface area (Å²) in [4.78, 5) is 17.2. The van der Waals surface area contributed by atoms with Crippen molar-refractivity contribution in [3.05, 3.63) is 23.9 Å². The highest BCUT2D eigenvalue weighted by atomic mass is 16.1. The van der Waals surface area contributed by atoms with Crippen molar-refractivity contribution < 1.29 is 4.79 Å². The lowest BCUT2D eigenvalue weighted by atomic mass is 10.1. The second-order valence-corrected chi connectivity index (χ2v) is 4.24. The van der Waals surface area contributed by atoms with Crippen molar-refractivity contribution in [2.24, 2.45) is 0 Å². The number of carbonyl (C=O) groups is 1. The number of aldehydes is 1. The highest BCUT2D eigenvalue weighted by Crippen LogP contribution is 2.22. The average molecular weight is 218 g/mol. The van der Waals surface area contributed by atoms with Crippen LogP contribution in [0.25, 0.3) is 0 Å². The first-order chi connectivity index (χ1) is 7.92. The molecular weight excluding hydrogens is 200 g/mol. The number of aromatic nitrogens is 1. The molecule has 2 rings (SSSR count). The van der Waals surface area contributed by atoms with Crippen LogP contribution in [-0.4, -0.2) is 24.4 Å². The van der Waals surface area contributed by atoms with Gasteiger partial charge in [-0.05, 0) is 37.3 Å². The van der Waals surface area contributed by atoms with Crippen molar-refractivity contribution in [2.45, 2.75) is 32.1 Å². The van der Waals surface area contributed by atoms with E-state index in [4.69, 9.17) is 0 Å². The second kappa shape index (κ2) is 5.64.